The van der Waals surface area contributed by atoms with E-state index < -0.39 is 36.9 Å². The molecule has 8 heteroatoms. The van der Waals surface area contributed by atoms with Crippen molar-refractivity contribution >= 4 is 24.2 Å². The fourth-order valence-electron chi connectivity index (χ4n) is 2.62. The highest BCUT2D eigenvalue weighted by Gasteiger charge is 2.27. The van der Waals surface area contributed by atoms with Crippen molar-refractivity contribution in [3.63, 3.8) is 0 Å². The van der Waals surface area contributed by atoms with Crippen LogP contribution >= 0.6 is 12.4 Å². The van der Waals surface area contributed by atoms with Crippen LogP contribution in [0.3, 0.4) is 0 Å². The molecule has 2 atom stereocenters. The van der Waals surface area contributed by atoms with Crippen molar-refractivity contribution in [3.05, 3.63) is 71.8 Å². The van der Waals surface area contributed by atoms with Crippen LogP contribution in [0.1, 0.15) is 17.5 Å². The van der Waals surface area contributed by atoms with Crippen LogP contribution in [0.2, 0.25) is 0 Å². The van der Waals surface area contributed by atoms with Gasteiger partial charge < -0.3 is 15.2 Å². The first-order chi connectivity index (χ1) is 13.5. The van der Waals surface area contributed by atoms with Gasteiger partial charge in [0.05, 0.1) is 18.6 Å². The largest absolute Gasteiger partial charge is 0.461 e. The topological polar surface area (TPSA) is 78.6 Å². The third-order valence-corrected chi connectivity index (χ3v) is 4.14. The van der Waals surface area contributed by atoms with Gasteiger partial charge >= 0.3 is 12.6 Å². The number of carbonyl (C=O) groups excluding carboxylic acids is 2. The number of carbonyl (C=O) groups is 2. The second kappa shape index (κ2) is 13.0. The van der Waals surface area contributed by atoms with Crippen LogP contribution < -0.4 is 5.73 Å². The zero-order chi connectivity index (χ0) is 20.4. The Kier molecular flexibility index (Phi) is 11.1. The minimum atomic E-state index is -3.04. The second-order valence-corrected chi connectivity index (χ2v) is 6.35. The Morgan fingerprint density at radius 2 is 1.48 bits per heavy atom. The molecule has 0 unspecified atom stereocenters. The van der Waals surface area contributed by atoms with E-state index in [1.807, 2.05) is 36.4 Å². The van der Waals surface area contributed by atoms with Crippen LogP contribution in [0.5, 0.6) is 0 Å². The highest BCUT2D eigenvalue weighted by atomic mass is 35.5. The molecule has 0 aliphatic heterocycles. The van der Waals surface area contributed by atoms with E-state index in [0.29, 0.717) is 6.42 Å². The summed E-state index contributed by atoms with van der Waals surface area (Å²) in [5.74, 6) is -2.33. The maximum Gasteiger partial charge on any atom is 0.345 e. The molecule has 2 N–H and O–H groups in total. The zero-order valence-electron chi connectivity index (χ0n) is 15.7. The van der Waals surface area contributed by atoms with Crippen molar-refractivity contribution < 1.29 is 27.8 Å². The Morgan fingerprint density at radius 1 is 0.931 bits per heavy atom. The van der Waals surface area contributed by atoms with Crippen LogP contribution in [-0.2, 0) is 32.1 Å². The van der Waals surface area contributed by atoms with Gasteiger partial charge in [0, 0.05) is 6.42 Å². The smallest absolute Gasteiger partial charge is 0.345 e. The maximum absolute atomic E-state index is 12.4. The van der Waals surface area contributed by atoms with Gasteiger partial charge in [-0.05, 0) is 17.5 Å². The van der Waals surface area contributed by atoms with Crippen molar-refractivity contribution in [2.75, 3.05) is 6.61 Å². The minimum Gasteiger partial charge on any atom is -0.461 e. The number of nitrogens with two attached hydrogens (primary N) is 1. The molecule has 2 aromatic rings. The maximum atomic E-state index is 12.4. The highest BCUT2D eigenvalue weighted by molar-refractivity contribution is 5.88. The lowest BCUT2D eigenvalue weighted by Gasteiger charge is -2.18. The quantitative estimate of drug-likeness (QED) is 0.555. The Labute approximate surface area is 174 Å². The van der Waals surface area contributed by atoms with Gasteiger partial charge in [0.15, 0.2) is 5.78 Å². The van der Waals surface area contributed by atoms with E-state index >= 15 is 0 Å². The molecule has 2 rings (SSSR count). The minimum absolute atomic E-state index is 0. The first kappa shape index (κ1) is 24.7. The lowest BCUT2D eigenvalue weighted by Crippen LogP contribution is -2.36. The Balaban J connectivity index is 0.00000420. The van der Waals surface area contributed by atoms with Gasteiger partial charge in [-0.1, -0.05) is 60.7 Å². The predicted octanol–water partition coefficient (Wildman–Crippen LogP) is 3.54. The average molecular weight is 428 g/mol. The fourth-order valence-corrected chi connectivity index (χ4v) is 2.62. The van der Waals surface area contributed by atoms with E-state index in [1.54, 1.807) is 24.3 Å². The summed E-state index contributed by atoms with van der Waals surface area (Å²) in [4.78, 5) is 24.7. The standard InChI is InChI=1S/C21H23F2NO4.ClH/c22-21(23)28-14-17(20(26)27-13-16-9-5-2-6-10-16)12-19(25)18(24)11-15-7-3-1-4-8-15;/h1-10,17-18,21H,11-14,24H2;1H/t17-,18-;/m0./s1. The Morgan fingerprint density at radius 3 is 2.03 bits per heavy atom. The van der Waals surface area contributed by atoms with Gasteiger partial charge in [0.2, 0.25) is 0 Å². The summed E-state index contributed by atoms with van der Waals surface area (Å²) in [7, 11) is 0. The molecular weight excluding hydrogens is 404 g/mol. The molecule has 0 heterocycles. The number of benzene rings is 2. The summed E-state index contributed by atoms with van der Waals surface area (Å²) >= 11 is 0. The summed E-state index contributed by atoms with van der Waals surface area (Å²) in [6.45, 7) is -3.68. The number of esters is 1. The van der Waals surface area contributed by atoms with Crippen LogP contribution in [0.4, 0.5) is 8.78 Å². The van der Waals surface area contributed by atoms with Gasteiger partial charge in [-0.25, -0.2) is 0 Å². The van der Waals surface area contributed by atoms with E-state index in [4.69, 9.17) is 10.5 Å². The first-order valence-corrected chi connectivity index (χ1v) is 8.88. The van der Waals surface area contributed by atoms with Crippen molar-refractivity contribution in [1.82, 2.24) is 0 Å². The number of hydrogen-bond acceptors (Lipinski definition) is 5. The lowest BCUT2D eigenvalue weighted by atomic mass is 9.95. The molecule has 29 heavy (non-hydrogen) atoms. The average Bonchev–Trinajstić information content (AvgIpc) is 2.70. The molecule has 0 saturated heterocycles. The number of hydrogen-bond donors (Lipinski definition) is 1. The van der Waals surface area contributed by atoms with E-state index in [2.05, 4.69) is 4.74 Å². The molecule has 0 aliphatic rings. The number of ketones is 1. The molecule has 0 bridgehead atoms. The third kappa shape index (κ3) is 9.13. The summed E-state index contributed by atoms with van der Waals surface area (Å²) in [5.41, 5.74) is 7.55. The normalized spacial score (nSPS) is 12.7. The number of halogens is 3. The molecule has 0 radical (unpaired) electrons. The molecule has 158 valence electrons. The van der Waals surface area contributed by atoms with Crippen LogP contribution in [0.15, 0.2) is 60.7 Å². The summed E-state index contributed by atoms with van der Waals surface area (Å²) in [5, 5.41) is 0. The van der Waals surface area contributed by atoms with Gasteiger partial charge in [-0.2, -0.15) is 8.78 Å². The molecule has 0 fully saturated rings. The van der Waals surface area contributed by atoms with Gasteiger partial charge in [-0.15, -0.1) is 12.4 Å². The molecule has 0 aromatic heterocycles. The van der Waals surface area contributed by atoms with Gasteiger partial charge in [-0.3, -0.25) is 9.59 Å². The van der Waals surface area contributed by atoms with Crippen LogP contribution in [0.25, 0.3) is 0 Å². The summed E-state index contributed by atoms with van der Waals surface area (Å²) in [6.07, 6.45) is -0.0322. The number of rotatable bonds is 11. The molecule has 0 amide bonds. The predicted molar refractivity (Wildman–Crippen MR) is 107 cm³/mol. The molecule has 0 spiro atoms. The molecule has 0 saturated carbocycles. The molecular formula is C21H24ClF2NO4. The number of alkyl halides is 2. The monoisotopic (exact) mass is 427 g/mol. The third-order valence-electron chi connectivity index (χ3n) is 4.14. The van der Waals surface area contributed by atoms with Crippen molar-refractivity contribution in [2.24, 2.45) is 11.7 Å². The summed E-state index contributed by atoms with van der Waals surface area (Å²) in [6, 6.07) is 17.2. The van der Waals surface area contributed by atoms with Crippen molar-refractivity contribution in [1.29, 1.82) is 0 Å². The summed E-state index contributed by atoms with van der Waals surface area (Å²) < 4.78 is 34.2. The SMILES string of the molecule is Cl.N[C@@H](Cc1ccccc1)C(=O)C[C@@H](COC(F)F)C(=O)OCc1ccccc1. The van der Waals surface area contributed by atoms with Crippen LogP contribution in [-0.4, -0.2) is 31.0 Å². The molecule has 5 nitrogen and oxygen atoms in total. The first-order valence-electron chi connectivity index (χ1n) is 8.88. The molecule has 2 aromatic carbocycles. The zero-order valence-corrected chi connectivity index (χ0v) is 16.5. The van der Waals surface area contributed by atoms with Crippen molar-refractivity contribution in [2.45, 2.75) is 32.1 Å². The van der Waals surface area contributed by atoms with Crippen molar-refractivity contribution in [3.8, 4) is 0 Å². The van der Waals surface area contributed by atoms with E-state index in [9.17, 15) is 18.4 Å². The number of Topliss-reactive ketones (excluding diaryl/α,β-unsaturated/α-hetero) is 1. The Hall–Kier alpha value is -2.35. The van der Waals surface area contributed by atoms with Crippen LogP contribution in [0, 0.1) is 5.92 Å². The Bertz CT molecular complexity index is 747. The second-order valence-electron chi connectivity index (χ2n) is 6.35. The van der Waals surface area contributed by atoms with E-state index in [1.165, 1.54) is 0 Å². The van der Waals surface area contributed by atoms with E-state index in [0.717, 1.165) is 11.1 Å². The van der Waals surface area contributed by atoms with Gasteiger partial charge in [0.25, 0.3) is 0 Å². The fraction of sp³-hybridized carbons (Fsp3) is 0.333. The number of ether oxygens (including phenoxy) is 2. The van der Waals surface area contributed by atoms with E-state index in [-0.39, 0.29) is 25.4 Å². The van der Waals surface area contributed by atoms with Gasteiger partial charge in [0.1, 0.15) is 6.61 Å². The lowest BCUT2D eigenvalue weighted by molar-refractivity contribution is -0.166. The molecule has 0 aliphatic carbocycles. The highest BCUT2D eigenvalue weighted by Crippen LogP contribution is 2.14.